The average Bonchev–Trinajstić information content (AvgIpc) is 3.47. The van der Waals surface area contributed by atoms with E-state index in [1.54, 1.807) is 0 Å². The molecule has 8 heteroatoms. The van der Waals surface area contributed by atoms with E-state index in [2.05, 4.69) is 5.48 Å². The van der Waals surface area contributed by atoms with Crippen molar-refractivity contribution in [1.82, 2.24) is 10.4 Å². The Balaban J connectivity index is 1.49. The molecule has 3 fully saturated rings. The van der Waals surface area contributed by atoms with Gasteiger partial charge in [-0.2, -0.15) is 5.48 Å². The lowest BCUT2D eigenvalue weighted by Gasteiger charge is -2.38. The number of carboxylic acid groups (broad SMARTS) is 1. The van der Waals surface area contributed by atoms with Gasteiger partial charge in [-0.1, -0.05) is 43.2 Å². The van der Waals surface area contributed by atoms with Gasteiger partial charge in [-0.05, 0) is 31.2 Å². The van der Waals surface area contributed by atoms with Crippen LogP contribution in [0.5, 0.6) is 0 Å². The van der Waals surface area contributed by atoms with Crippen molar-refractivity contribution in [1.29, 1.82) is 0 Å². The summed E-state index contributed by atoms with van der Waals surface area (Å²) in [6.07, 6.45) is 3.35. The monoisotopic (exact) mass is 420 g/mol. The highest BCUT2D eigenvalue weighted by atomic mass is 16.7. The molecule has 1 aromatic rings. The normalized spacial score (nSPS) is 28.4. The molecule has 0 bridgehead atoms. The number of nitrogens with one attached hydrogen (secondary N) is 1. The zero-order valence-electron chi connectivity index (χ0n) is 17.2. The number of hydroxylamine groups is 1. The molecule has 166 valence electrons. The molecule has 2 aliphatic heterocycles. The fourth-order valence-electron chi connectivity index (χ4n) is 4.93. The lowest BCUT2D eigenvalue weighted by molar-refractivity contribution is -0.0907. The second-order valence-corrected chi connectivity index (χ2v) is 8.48. The summed E-state index contributed by atoms with van der Waals surface area (Å²) in [6.45, 7) is 1.02. The quantitative estimate of drug-likeness (QED) is 0.527. The summed E-state index contributed by atoms with van der Waals surface area (Å²) in [7, 11) is 0. The van der Waals surface area contributed by atoms with Crippen molar-refractivity contribution in [2.24, 2.45) is 5.92 Å². The SMILES string of the molecule is O=C(O)N(C1COC2OCCC21)[C@@H](Cc1ccccc1)[C@H](O)CNOC1CCCC1. The summed E-state index contributed by atoms with van der Waals surface area (Å²) in [5.74, 6) is -0.00530. The second kappa shape index (κ2) is 10.1. The van der Waals surface area contributed by atoms with Crippen LogP contribution in [0.3, 0.4) is 0 Å². The number of aliphatic hydroxyl groups excluding tert-OH is 1. The summed E-state index contributed by atoms with van der Waals surface area (Å²) in [5.41, 5.74) is 3.87. The Morgan fingerprint density at radius 2 is 1.97 bits per heavy atom. The molecule has 30 heavy (non-hydrogen) atoms. The van der Waals surface area contributed by atoms with Gasteiger partial charge in [0.15, 0.2) is 6.29 Å². The molecule has 4 rings (SSSR count). The van der Waals surface area contributed by atoms with Gasteiger partial charge in [0.05, 0.1) is 37.5 Å². The fraction of sp³-hybridized carbons (Fsp3) is 0.682. The maximum absolute atomic E-state index is 12.4. The summed E-state index contributed by atoms with van der Waals surface area (Å²) in [4.78, 5) is 19.4. The van der Waals surface area contributed by atoms with Crippen molar-refractivity contribution in [3.63, 3.8) is 0 Å². The lowest BCUT2D eigenvalue weighted by atomic mass is 9.93. The molecule has 5 atom stereocenters. The van der Waals surface area contributed by atoms with E-state index in [1.807, 2.05) is 30.3 Å². The van der Waals surface area contributed by atoms with Crippen LogP contribution in [-0.4, -0.2) is 71.5 Å². The van der Waals surface area contributed by atoms with Crippen molar-refractivity contribution in [3.05, 3.63) is 35.9 Å². The summed E-state index contributed by atoms with van der Waals surface area (Å²) in [6, 6.07) is 8.71. The van der Waals surface area contributed by atoms with E-state index in [0.717, 1.165) is 37.7 Å². The van der Waals surface area contributed by atoms with E-state index >= 15 is 0 Å². The molecule has 1 aromatic carbocycles. The number of ether oxygens (including phenoxy) is 2. The number of hydrogen-bond donors (Lipinski definition) is 3. The molecule has 2 heterocycles. The van der Waals surface area contributed by atoms with Gasteiger partial charge in [0.25, 0.3) is 0 Å². The van der Waals surface area contributed by atoms with Gasteiger partial charge in [-0.3, -0.25) is 9.74 Å². The highest BCUT2D eigenvalue weighted by Crippen LogP contribution is 2.36. The molecule has 3 unspecified atom stereocenters. The van der Waals surface area contributed by atoms with Crippen LogP contribution in [0, 0.1) is 5.92 Å². The molecule has 3 aliphatic rings. The first-order valence-corrected chi connectivity index (χ1v) is 11.0. The minimum absolute atomic E-state index is 0.00530. The topological polar surface area (TPSA) is 100 Å². The van der Waals surface area contributed by atoms with Gasteiger partial charge < -0.3 is 19.7 Å². The maximum atomic E-state index is 12.4. The van der Waals surface area contributed by atoms with E-state index < -0.39 is 18.2 Å². The number of nitrogens with zero attached hydrogens (tertiary/aromatic N) is 1. The first-order chi connectivity index (χ1) is 14.6. The molecule has 0 radical (unpaired) electrons. The molecule has 0 aromatic heterocycles. The Labute approximate surface area is 177 Å². The van der Waals surface area contributed by atoms with Gasteiger partial charge >= 0.3 is 6.09 Å². The van der Waals surface area contributed by atoms with E-state index in [4.69, 9.17) is 14.3 Å². The Kier molecular flexibility index (Phi) is 7.22. The van der Waals surface area contributed by atoms with Crippen LogP contribution in [0.15, 0.2) is 30.3 Å². The zero-order chi connectivity index (χ0) is 20.9. The highest BCUT2D eigenvalue weighted by Gasteiger charge is 2.48. The van der Waals surface area contributed by atoms with Gasteiger partial charge in [0, 0.05) is 12.5 Å². The first kappa shape index (κ1) is 21.5. The highest BCUT2D eigenvalue weighted by molar-refractivity contribution is 5.66. The number of hydrogen-bond acceptors (Lipinski definition) is 6. The van der Waals surface area contributed by atoms with Crippen LogP contribution in [0.25, 0.3) is 0 Å². The number of aliphatic hydroxyl groups is 1. The zero-order valence-corrected chi connectivity index (χ0v) is 17.2. The van der Waals surface area contributed by atoms with Crippen LogP contribution in [0.4, 0.5) is 4.79 Å². The van der Waals surface area contributed by atoms with Crippen LogP contribution < -0.4 is 5.48 Å². The fourth-order valence-corrected chi connectivity index (χ4v) is 4.93. The summed E-state index contributed by atoms with van der Waals surface area (Å²) < 4.78 is 11.3. The van der Waals surface area contributed by atoms with Crippen molar-refractivity contribution >= 4 is 6.09 Å². The molecular formula is C22H32N2O6. The third kappa shape index (κ3) is 4.95. The third-order valence-corrected chi connectivity index (χ3v) is 6.52. The predicted molar refractivity (Wildman–Crippen MR) is 109 cm³/mol. The van der Waals surface area contributed by atoms with Crippen LogP contribution in [-0.2, 0) is 20.7 Å². The smallest absolute Gasteiger partial charge is 0.407 e. The minimum atomic E-state index is -1.05. The van der Waals surface area contributed by atoms with E-state index in [1.165, 1.54) is 4.90 Å². The Morgan fingerprint density at radius 3 is 2.70 bits per heavy atom. The van der Waals surface area contributed by atoms with Gasteiger partial charge in [0.1, 0.15) is 0 Å². The maximum Gasteiger partial charge on any atom is 0.407 e. The van der Waals surface area contributed by atoms with Crippen LogP contribution in [0.2, 0.25) is 0 Å². The largest absolute Gasteiger partial charge is 0.465 e. The number of rotatable bonds is 9. The predicted octanol–water partition coefficient (Wildman–Crippen LogP) is 2.16. The standard InChI is InChI=1S/C22H32N2O6/c25-20(13-23-30-16-8-4-5-9-16)18(12-15-6-2-1-3-7-15)24(22(26)27)19-14-29-21-17(19)10-11-28-21/h1-3,6-7,16-21,23,25H,4-5,8-14H2,(H,26,27)/t17?,18-,19?,20+,21?/m0/s1. The van der Waals surface area contributed by atoms with Gasteiger partial charge in [0.2, 0.25) is 0 Å². The van der Waals surface area contributed by atoms with Crippen molar-refractivity contribution in [2.75, 3.05) is 19.8 Å². The average molecular weight is 421 g/mol. The Hall–Kier alpha value is -1.71. The third-order valence-electron chi connectivity index (χ3n) is 6.52. The van der Waals surface area contributed by atoms with Crippen molar-refractivity contribution in [2.45, 2.75) is 69.1 Å². The van der Waals surface area contributed by atoms with Crippen LogP contribution >= 0.6 is 0 Å². The molecule has 1 saturated carbocycles. The van der Waals surface area contributed by atoms with Gasteiger partial charge in [-0.25, -0.2) is 4.79 Å². The second-order valence-electron chi connectivity index (χ2n) is 8.48. The number of amides is 1. The molecule has 0 spiro atoms. The first-order valence-electron chi connectivity index (χ1n) is 11.0. The molecule has 3 N–H and O–H groups in total. The Morgan fingerprint density at radius 1 is 1.20 bits per heavy atom. The van der Waals surface area contributed by atoms with Crippen molar-refractivity contribution in [3.8, 4) is 0 Å². The number of fused-ring (bicyclic) bond motifs is 1. The molecule has 1 aliphatic carbocycles. The van der Waals surface area contributed by atoms with Gasteiger partial charge in [-0.15, -0.1) is 0 Å². The summed E-state index contributed by atoms with van der Waals surface area (Å²) in [5, 5.41) is 21.2. The lowest BCUT2D eigenvalue weighted by Crippen LogP contribution is -2.57. The van der Waals surface area contributed by atoms with E-state index in [-0.39, 0.29) is 37.5 Å². The number of carbonyl (C=O) groups is 1. The summed E-state index contributed by atoms with van der Waals surface area (Å²) >= 11 is 0. The minimum Gasteiger partial charge on any atom is -0.465 e. The van der Waals surface area contributed by atoms with Crippen molar-refractivity contribution < 1.29 is 29.3 Å². The van der Waals surface area contributed by atoms with E-state index in [9.17, 15) is 15.0 Å². The number of benzene rings is 1. The molecule has 8 nitrogen and oxygen atoms in total. The molecule has 2 saturated heterocycles. The molecule has 1 amide bonds. The van der Waals surface area contributed by atoms with Crippen LogP contribution in [0.1, 0.15) is 37.7 Å². The van der Waals surface area contributed by atoms with E-state index in [0.29, 0.717) is 13.0 Å². The molecular weight excluding hydrogens is 388 g/mol. The Bertz CT molecular complexity index is 683.